The summed E-state index contributed by atoms with van der Waals surface area (Å²) < 4.78 is 94.2. The van der Waals surface area contributed by atoms with Crippen molar-refractivity contribution in [3.63, 3.8) is 0 Å². The third-order valence-corrected chi connectivity index (χ3v) is 10.0. The number of ether oxygens (including phenoxy) is 1. The number of hydrogen-bond acceptors (Lipinski definition) is 3. The lowest BCUT2D eigenvalue weighted by molar-refractivity contribution is 0.486. The second-order valence-electron chi connectivity index (χ2n) is 17.2. The molecule has 0 saturated heterocycles. The van der Waals surface area contributed by atoms with Gasteiger partial charge in [-0.15, -0.1) is 0 Å². The molecule has 3 nitrogen and oxygen atoms in total. The van der Waals surface area contributed by atoms with Crippen molar-refractivity contribution in [3.05, 3.63) is 149 Å². The van der Waals surface area contributed by atoms with Crippen LogP contribution in [0, 0.1) is 6.92 Å². The molecule has 0 aliphatic carbocycles. The summed E-state index contributed by atoms with van der Waals surface area (Å²) in [4.78, 5) is 3.65. The van der Waals surface area contributed by atoms with Crippen LogP contribution in [-0.4, -0.2) is 6.71 Å². The molecule has 0 spiro atoms. The van der Waals surface area contributed by atoms with Crippen molar-refractivity contribution >= 4 is 57.2 Å². The molecule has 0 unspecified atom stereocenters. The Balaban J connectivity index is 1.62. The van der Waals surface area contributed by atoms with Crippen LogP contribution in [0.1, 0.15) is 96.9 Å². The van der Waals surface area contributed by atoms with E-state index in [4.69, 9.17) is 4.74 Å². The van der Waals surface area contributed by atoms with E-state index in [1.165, 1.54) is 0 Å². The average Bonchev–Trinajstić information content (AvgIpc) is 3.18. The Morgan fingerprint density at radius 3 is 1.75 bits per heavy atom. The van der Waals surface area contributed by atoms with Gasteiger partial charge in [0.1, 0.15) is 11.5 Å². The van der Waals surface area contributed by atoms with Gasteiger partial charge in [-0.3, -0.25) is 0 Å². The van der Waals surface area contributed by atoms with Crippen LogP contribution >= 0.6 is 0 Å². The highest BCUT2D eigenvalue weighted by Gasteiger charge is 2.43. The van der Waals surface area contributed by atoms with Gasteiger partial charge in [-0.25, -0.2) is 0 Å². The molecule has 0 bridgehead atoms. The fourth-order valence-corrected chi connectivity index (χ4v) is 7.37. The van der Waals surface area contributed by atoms with Crippen LogP contribution in [0.5, 0.6) is 11.5 Å². The van der Waals surface area contributed by atoms with Gasteiger partial charge < -0.3 is 14.5 Å². The normalized spacial score (nSPS) is 15.9. The quantitative estimate of drug-likeness (QED) is 0.170. The van der Waals surface area contributed by atoms with Crippen molar-refractivity contribution in [2.45, 2.75) is 85.5 Å². The lowest BCUT2D eigenvalue weighted by Crippen LogP contribution is -2.60. The smallest absolute Gasteiger partial charge is 0.256 e. The van der Waals surface area contributed by atoms with Crippen LogP contribution in [0.2, 0.25) is 0 Å². The first-order chi connectivity index (χ1) is 28.9. The van der Waals surface area contributed by atoms with Crippen molar-refractivity contribution in [2.75, 3.05) is 9.80 Å². The van der Waals surface area contributed by atoms with E-state index in [1.807, 2.05) is 140 Å². The van der Waals surface area contributed by atoms with Gasteiger partial charge in [0.25, 0.3) is 6.71 Å². The number of para-hydroxylation sites is 2. The summed E-state index contributed by atoms with van der Waals surface area (Å²) in [6.45, 7) is 18.0. The van der Waals surface area contributed by atoms with E-state index in [-0.39, 0.29) is 88.2 Å². The van der Waals surface area contributed by atoms with Gasteiger partial charge in [-0.2, -0.15) is 0 Å². The van der Waals surface area contributed by atoms with Gasteiger partial charge in [0.15, 0.2) is 0 Å². The van der Waals surface area contributed by atoms with Crippen molar-refractivity contribution in [1.82, 2.24) is 0 Å². The van der Waals surface area contributed by atoms with Gasteiger partial charge in [0, 0.05) is 34.5 Å². The number of fused-ring (bicyclic) bond motifs is 4. The third-order valence-electron chi connectivity index (χ3n) is 10.0. The molecule has 2 aliphatic heterocycles. The molecule has 0 amide bonds. The molecule has 6 aromatic rings. The molecule has 266 valence electrons. The van der Waals surface area contributed by atoms with E-state index >= 15 is 0 Å². The Hall–Kier alpha value is -5.22. The van der Waals surface area contributed by atoms with Crippen LogP contribution in [0.25, 0.3) is 0 Å². The summed E-state index contributed by atoms with van der Waals surface area (Å²) in [5.74, 6) is 0.294. The van der Waals surface area contributed by atoms with Gasteiger partial charge in [-0.05, 0) is 116 Å². The monoisotopic (exact) mass is 703 g/mol. The predicted octanol–water partition coefficient (Wildman–Crippen LogP) is 11.8. The maximum Gasteiger partial charge on any atom is 0.256 e. The Bertz CT molecular complexity index is 2780. The minimum Gasteiger partial charge on any atom is -0.458 e. The Kier molecular flexibility index (Phi) is 6.03. The number of hydrogen-bond donors (Lipinski definition) is 0. The predicted molar refractivity (Wildman–Crippen MR) is 228 cm³/mol. The van der Waals surface area contributed by atoms with Crippen LogP contribution in [0.3, 0.4) is 0 Å². The first-order valence-electron chi connectivity index (χ1n) is 22.8. The van der Waals surface area contributed by atoms with E-state index in [2.05, 4.69) is 0 Å². The molecule has 0 radical (unpaired) electrons. The zero-order valence-electron chi connectivity index (χ0n) is 41.3. The Morgan fingerprint density at radius 2 is 1.17 bits per heavy atom. The highest BCUT2D eigenvalue weighted by atomic mass is 16.5. The van der Waals surface area contributed by atoms with E-state index in [9.17, 15) is 12.3 Å². The lowest BCUT2D eigenvalue weighted by atomic mass is 9.33. The Morgan fingerprint density at radius 1 is 0.585 bits per heavy atom. The van der Waals surface area contributed by atoms with E-state index in [1.54, 1.807) is 11.8 Å². The van der Waals surface area contributed by atoms with Crippen LogP contribution in [0.4, 0.5) is 34.1 Å². The maximum absolute atomic E-state index is 10.1. The first-order valence-corrected chi connectivity index (χ1v) is 18.3. The Labute approximate surface area is 330 Å². The zero-order valence-corrected chi connectivity index (χ0v) is 32.3. The first kappa shape index (κ1) is 25.7. The molecular formula is C49H51BN2O. The summed E-state index contributed by atoms with van der Waals surface area (Å²) in [5.41, 5.74) is 3.38. The largest absolute Gasteiger partial charge is 0.458 e. The van der Waals surface area contributed by atoms with E-state index < -0.39 is 23.0 Å². The molecule has 0 atom stereocenters. The van der Waals surface area contributed by atoms with Crippen LogP contribution in [0.15, 0.2) is 127 Å². The van der Waals surface area contributed by atoms with Crippen molar-refractivity contribution in [2.24, 2.45) is 0 Å². The SMILES string of the molecule is [2H]c1c([2H])c(C(C)(C)C)c([2H])c2c1Oc1cc(N(c3ccccc3)c3ccccc3)cc3c1B2c1c([2H])c(C(C)(C)C)c([2H])c([2H])c1N3c1c([2H])c([2H])c(C(C)(C)C)c(C)c1[2H]. The summed E-state index contributed by atoms with van der Waals surface area (Å²) in [6.07, 6.45) is 0. The standard InChI is InChI=1S/C49H51BN2O/c1-32-27-37(23-24-39(32)49(8,9)10)52-42-25-21-33(47(2,3)4)28-40(42)50-41-29-34(48(5,6)7)22-26-44(41)53-45-31-38(30-43(52)46(45)50)51(35-17-13-11-14-18-35)36-19-15-12-16-20-36/h11-31H,1-10H3/i21D,22D,23D,24D,25D,26D,27D,28D,29D. The topological polar surface area (TPSA) is 15.7 Å². The second kappa shape index (κ2) is 12.4. The minimum atomic E-state index is -0.990. The molecule has 2 heterocycles. The fraction of sp³-hybridized carbons (Fsp3) is 0.265. The van der Waals surface area contributed by atoms with Crippen molar-refractivity contribution < 1.29 is 17.1 Å². The van der Waals surface area contributed by atoms with Gasteiger partial charge in [0.2, 0.25) is 0 Å². The van der Waals surface area contributed by atoms with Gasteiger partial charge in [-0.1, -0.05) is 129 Å². The highest BCUT2D eigenvalue weighted by molar-refractivity contribution is 6.99. The number of nitrogens with zero attached hydrogens (tertiary/aromatic N) is 2. The summed E-state index contributed by atoms with van der Waals surface area (Å²) in [6, 6.07) is 22.1. The van der Waals surface area contributed by atoms with E-state index in [0.717, 1.165) is 11.4 Å². The zero-order chi connectivity index (χ0) is 45.3. The lowest BCUT2D eigenvalue weighted by Gasteiger charge is -2.42. The highest BCUT2D eigenvalue weighted by Crippen LogP contribution is 2.47. The molecule has 53 heavy (non-hydrogen) atoms. The van der Waals surface area contributed by atoms with E-state index in [0.29, 0.717) is 39.1 Å². The molecule has 0 aromatic heterocycles. The molecule has 0 saturated carbocycles. The average molecular weight is 704 g/mol. The number of benzene rings is 6. The number of rotatable bonds is 4. The third kappa shape index (κ3) is 6.12. The molecule has 0 fully saturated rings. The minimum absolute atomic E-state index is 0.00635. The summed E-state index contributed by atoms with van der Waals surface area (Å²) in [7, 11) is 0. The molecule has 0 N–H and O–H groups in total. The summed E-state index contributed by atoms with van der Waals surface area (Å²) >= 11 is 0. The summed E-state index contributed by atoms with van der Waals surface area (Å²) in [5, 5.41) is 0. The molecule has 6 aromatic carbocycles. The molecule has 8 rings (SSSR count). The molecular weight excluding hydrogens is 643 g/mol. The van der Waals surface area contributed by atoms with Crippen LogP contribution in [-0.2, 0) is 16.2 Å². The second-order valence-corrected chi connectivity index (χ2v) is 17.2. The fourth-order valence-electron chi connectivity index (χ4n) is 7.37. The van der Waals surface area contributed by atoms with Crippen LogP contribution < -0.4 is 30.9 Å². The van der Waals surface area contributed by atoms with Gasteiger partial charge in [0.05, 0.1) is 18.0 Å². The maximum atomic E-state index is 10.1. The molecule has 4 heteroatoms. The van der Waals surface area contributed by atoms with Gasteiger partial charge >= 0.3 is 0 Å². The van der Waals surface area contributed by atoms with Crippen molar-refractivity contribution in [1.29, 1.82) is 0 Å². The molecule has 2 aliphatic rings. The number of anilines is 6. The van der Waals surface area contributed by atoms with Crippen molar-refractivity contribution in [3.8, 4) is 11.5 Å².